The first-order valence-electron chi connectivity index (χ1n) is 6.13. The van der Waals surface area contributed by atoms with E-state index in [0.717, 1.165) is 18.2 Å². The molecule has 5 N–H and O–H groups in total. The van der Waals surface area contributed by atoms with Gasteiger partial charge in [0.25, 0.3) is 32.1 Å². The minimum atomic E-state index is -5.00. The van der Waals surface area contributed by atoms with Gasteiger partial charge in [0.05, 0.1) is 21.7 Å². The van der Waals surface area contributed by atoms with Crippen molar-refractivity contribution in [3.05, 3.63) is 29.3 Å². The van der Waals surface area contributed by atoms with Crippen molar-refractivity contribution in [2.45, 2.75) is 9.79 Å². The van der Waals surface area contributed by atoms with Crippen LogP contribution in [0.3, 0.4) is 0 Å². The van der Waals surface area contributed by atoms with Gasteiger partial charge in [0, 0.05) is 5.39 Å². The molecule has 12 heteroatoms. The molecule has 0 saturated heterocycles. The number of hydrogen-bond acceptors (Lipinski definition) is 7. The Bertz CT molecular complexity index is 1170. The van der Waals surface area contributed by atoms with Crippen LogP contribution in [0, 0.1) is 0 Å². The van der Waals surface area contributed by atoms with E-state index in [1.54, 1.807) is 0 Å². The molecule has 0 radical (unpaired) electrons. The number of nitrogens with one attached hydrogen (secondary N) is 1. The number of carbonyl (C=O) groups excluding carboxylic acids is 2. The first kappa shape index (κ1) is 16.3. The van der Waals surface area contributed by atoms with Gasteiger partial charge >= 0.3 is 0 Å². The van der Waals surface area contributed by atoms with Gasteiger partial charge in [-0.25, -0.2) is 0 Å². The van der Waals surface area contributed by atoms with Crippen molar-refractivity contribution >= 4 is 48.5 Å². The van der Waals surface area contributed by atoms with Crippen LogP contribution in [0.5, 0.6) is 0 Å². The number of nitrogen functional groups attached to an aromatic ring is 1. The summed E-state index contributed by atoms with van der Waals surface area (Å²) in [5.74, 6) is -1.99. The number of hydrogen-bond donors (Lipinski definition) is 4. The summed E-state index contributed by atoms with van der Waals surface area (Å²) in [4.78, 5) is 22.2. The SMILES string of the molecule is Nc1c(S(=O)(=O)O)c2c(c3ccc(S(=O)(=O)O)cc13)C(=O)NC2=O. The van der Waals surface area contributed by atoms with Crippen molar-refractivity contribution < 1.29 is 35.5 Å². The molecule has 1 aliphatic rings. The van der Waals surface area contributed by atoms with Crippen molar-refractivity contribution in [2.24, 2.45) is 0 Å². The van der Waals surface area contributed by atoms with E-state index in [9.17, 15) is 31.0 Å². The summed E-state index contributed by atoms with van der Waals surface area (Å²) in [5, 5.41) is 1.64. The largest absolute Gasteiger partial charge is 0.397 e. The Hall–Kier alpha value is -2.54. The van der Waals surface area contributed by atoms with Gasteiger partial charge < -0.3 is 5.73 Å². The third-order valence-corrected chi connectivity index (χ3v) is 5.30. The molecule has 0 bridgehead atoms. The van der Waals surface area contributed by atoms with Crippen molar-refractivity contribution in [3.63, 3.8) is 0 Å². The van der Waals surface area contributed by atoms with Crippen LogP contribution < -0.4 is 11.1 Å². The molecule has 0 saturated carbocycles. The summed E-state index contributed by atoms with van der Waals surface area (Å²) < 4.78 is 64.1. The zero-order valence-electron chi connectivity index (χ0n) is 11.5. The minimum Gasteiger partial charge on any atom is -0.397 e. The van der Waals surface area contributed by atoms with Crippen LogP contribution in [0.25, 0.3) is 10.8 Å². The van der Waals surface area contributed by atoms with Gasteiger partial charge in [0.15, 0.2) is 0 Å². The monoisotopic (exact) mass is 372 g/mol. The van der Waals surface area contributed by atoms with Crippen molar-refractivity contribution in [3.8, 4) is 0 Å². The van der Waals surface area contributed by atoms with E-state index < -0.39 is 53.1 Å². The predicted octanol–water partition coefficient (Wildman–Crippen LogP) is -0.201. The zero-order chi connectivity index (χ0) is 18.0. The summed E-state index contributed by atoms with van der Waals surface area (Å²) in [6.45, 7) is 0. The quantitative estimate of drug-likeness (QED) is 0.315. The van der Waals surface area contributed by atoms with Crippen LogP contribution in [-0.2, 0) is 20.2 Å². The van der Waals surface area contributed by atoms with Gasteiger partial charge in [0.1, 0.15) is 4.90 Å². The zero-order valence-corrected chi connectivity index (χ0v) is 13.1. The molecule has 2 amide bonds. The second kappa shape index (κ2) is 4.73. The lowest BCUT2D eigenvalue weighted by Gasteiger charge is -2.12. The van der Waals surface area contributed by atoms with E-state index in [-0.39, 0.29) is 16.3 Å². The number of carbonyl (C=O) groups is 2. The fourth-order valence-corrected chi connectivity index (χ4v) is 3.93. The highest BCUT2D eigenvalue weighted by Crippen LogP contribution is 2.38. The molecule has 3 rings (SSSR count). The molecule has 0 unspecified atom stereocenters. The maximum atomic E-state index is 11.9. The molecule has 0 aromatic heterocycles. The first-order valence-corrected chi connectivity index (χ1v) is 9.01. The van der Waals surface area contributed by atoms with E-state index >= 15 is 0 Å². The lowest BCUT2D eigenvalue weighted by molar-refractivity contribution is 0.0878. The number of fused-ring (bicyclic) bond motifs is 3. The Morgan fingerprint density at radius 2 is 1.46 bits per heavy atom. The highest BCUT2D eigenvalue weighted by molar-refractivity contribution is 7.86. The molecule has 126 valence electrons. The molecule has 0 fully saturated rings. The fraction of sp³-hybridized carbons (Fsp3) is 0. The fourth-order valence-electron chi connectivity index (χ4n) is 2.58. The summed E-state index contributed by atoms with van der Waals surface area (Å²) in [6.07, 6.45) is 0. The summed E-state index contributed by atoms with van der Waals surface area (Å²) in [7, 11) is -9.64. The van der Waals surface area contributed by atoms with E-state index in [2.05, 4.69) is 0 Å². The Morgan fingerprint density at radius 1 is 0.875 bits per heavy atom. The molecule has 0 atom stereocenters. The van der Waals surface area contributed by atoms with Crippen LogP contribution in [0.2, 0.25) is 0 Å². The minimum absolute atomic E-state index is 0.00866. The third kappa shape index (κ3) is 2.24. The van der Waals surface area contributed by atoms with Crippen molar-refractivity contribution in [1.29, 1.82) is 0 Å². The molecular formula is C12H8N2O8S2. The van der Waals surface area contributed by atoms with Gasteiger partial charge in [0.2, 0.25) is 0 Å². The smallest absolute Gasteiger partial charge is 0.297 e. The van der Waals surface area contributed by atoms with Gasteiger partial charge in [-0.1, -0.05) is 6.07 Å². The molecule has 1 aliphatic heterocycles. The van der Waals surface area contributed by atoms with Gasteiger partial charge in [-0.15, -0.1) is 0 Å². The second-order valence-electron chi connectivity index (χ2n) is 4.93. The van der Waals surface area contributed by atoms with Crippen LogP contribution in [0.4, 0.5) is 5.69 Å². The molecule has 24 heavy (non-hydrogen) atoms. The molecule has 1 heterocycles. The van der Waals surface area contributed by atoms with E-state index in [1.165, 1.54) is 0 Å². The highest BCUT2D eigenvalue weighted by atomic mass is 32.2. The molecular weight excluding hydrogens is 364 g/mol. The Labute approximate surface area is 134 Å². The molecule has 0 spiro atoms. The Morgan fingerprint density at radius 3 is 2.00 bits per heavy atom. The standard InChI is InChI=1S/C12H8N2O8S2/c13-9-6-3-4(23(17,18)19)1-2-5(6)7-8(10(9)24(20,21)22)12(16)14-11(7)15/h1-3H,13H2,(H,14,15,16)(H,17,18,19)(H,20,21,22). The predicted molar refractivity (Wildman–Crippen MR) is 79.8 cm³/mol. The molecule has 10 nitrogen and oxygen atoms in total. The lowest BCUT2D eigenvalue weighted by Crippen LogP contribution is -2.20. The normalized spacial score (nSPS) is 14.8. The summed E-state index contributed by atoms with van der Waals surface area (Å²) >= 11 is 0. The van der Waals surface area contributed by atoms with E-state index in [0.29, 0.717) is 0 Å². The van der Waals surface area contributed by atoms with E-state index in [4.69, 9.17) is 10.3 Å². The number of anilines is 1. The third-order valence-electron chi connectivity index (χ3n) is 3.51. The number of amides is 2. The topological polar surface area (TPSA) is 181 Å². The Kier molecular flexibility index (Phi) is 3.22. The van der Waals surface area contributed by atoms with Gasteiger partial charge in [-0.3, -0.25) is 24.0 Å². The van der Waals surface area contributed by atoms with Gasteiger partial charge in [-0.2, -0.15) is 16.8 Å². The molecule has 2 aromatic carbocycles. The van der Waals surface area contributed by atoms with Crippen LogP contribution in [0.1, 0.15) is 20.7 Å². The maximum absolute atomic E-state index is 11.9. The van der Waals surface area contributed by atoms with E-state index in [1.807, 2.05) is 5.32 Å². The lowest BCUT2D eigenvalue weighted by atomic mass is 9.98. The van der Waals surface area contributed by atoms with Crippen LogP contribution in [-0.4, -0.2) is 37.8 Å². The van der Waals surface area contributed by atoms with Crippen molar-refractivity contribution in [2.75, 3.05) is 5.73 Å². The summed E-state index contributed by atoms with van der Waals surface area (Å²) in [6, 6.07) is 2.89. The first-order chi connectivity index (χ1) is 10.9. The second-order valence-corrected chi connectivity index (χ2v) is 7.71. The maximum Gasteiger partial charge on any atom is 0.297 e. The number of rotatable bonds is 2. The average molecular weight is 372 g/mol. The molecule has 0 aliphatic carbocycles. The number of imide groups is 1. The number of nitrogens with two attached hydrogens (primary N) is 1. The Balaban J connectivity index is 2.62. The highest BCUT2D eigenvalue weighted by Gasteiger charge is 2.38. The van der Waals surface area contributed by atoms with Gasteiger partial charge in [-0.05, 0) is 17.5 Å². The van der Waals surface area contributed by atoms with Crippen molar-refractivity contribution in [1.82, 2.24) is 5.32 Å². The van der Waals surface area contributed by atoms with Crippen LogP contribution in [0.15, 0.2) is 28.0 Å². The van der Waals surface area contributed by atoms with Crippen LogP contribution >= 0.6 is 0 Å². The summed E-state index contributed by atoms with van der Waals surface area (Å²) in [5.41, 5.74) is 4.09. The number of benzene rings is 2. The average Bonchev–Trinajstić information content (AvgIpc) is 2.71. The molecule has 2 aromatic rings.